The Morgan fingerprint density at radius 2 is 1.79 bits per heavy atom. The molecule has 0 aromatic heterocycles. The molecule has 2 aromatic rings. The highest BCUT2D eigenvalue weighted by Gasteiger charge is 2.15. The lowest BCUT2D eigenvalue weighted by molar-refractivity contribution is 0.0975. The third-order valence-corrected chi connectivity index (χ3v) is 3.92. The minimum absolute atomic E-state index is 0.0138. The molecule has 9 heteroatoms. The predicted molar refractivity (Wildman–Crippen MR) is 99.8 cm³/mol. The average molecular weight is 406 g/mol. The molecule has 0 aliphatic rings. The number of methoxy groups -OCH3 is 1. The highest BCUT2D eigenvalue weighted by Crippen LogP contribution is 2.34. The fourth-order valence-electron chi connectivity index (χ4n) is 1.83. The van der Waals surface area contributed by atoms with E-state index in [1.165, 1.54) is 25.3 Å². The number of phenols is 1. The Kier molecular flexibility index (Phi) is 6.12. The van der Waals surface area contributed by atoms with Crippen molar-refractivity contribution in [3.05, 3.63) is 51.0 Å². The number of hydrogen-bond donors (Lipinski definition) is 3. The maximum absolute atomic E-state index is 12.3. The average Bonchev–Trinajstić information content (AvgIpc) is 2.52. The summed E-state index contributed by atoms with van der Waals surface area (Å²) in [4.78, 5) is 12.3. The van der Waals surface area contributed by atoms with Crippen molar-refractivity contribution in [2.24, 2.45) is 0 Å². The van der Waals surface area contributed by atoms with Crippen LogP contribution >= 0.6 is 47.0 Å². The summed E-state index contributed by atoms with van der Waals surface area (Å²) >= 11 is 22.6. The summed E-state index contributed by atoms with van der Waals surface area (Å²) in [6, 6.07) is 7.48. The summed E-state index contributed by atoms with van der Waals surface area (Å²) in [5.74, 6) is -0.374. The minimum atomic E-state index is -0.497. The molecule has 0 saturated heterocycles. The molecule has 24 heavy (non-hydrogen) atoms. The lowest BCUT2D eigenvalue weighted by Gasteiger charge is -2.12. The highest BCUT2D eigenvalue weighted by atomic mass is 35.5. The molecule has 2 aromatic carbocycles. The second kappa shape index (κ2) is 7.90. The molecule has 3 N–H and O–H groups in total. The van der Waals surface area contributed by atoms with E-state index in [2.05, 4.69) is 10.6 Å². The van der Waals surface area contributed by atoms with E-state index >= 15 is 0 Å². The number of nitrogens with one attached hydrogen (secondary N) is 2. The molecule has 2 rings (SSSR count). The van der Waals surface area contributed by atoms with Crippen molar-refractivity contribution in [3.8, 4) is 11.5 Å². The van der Waals surface area contributed by atoms with E-state index in [4.69, 9.17) is 51.8 Å². The Bertz CT molecular complexity index is 792. The molecular weight excluding hydrogens is 395 g/mol. The molecule has 0 atom stereocenters. The number of benzene rings is 2. The predicted octanol–water partition coefficient (Wildman–Crippen LogP) is 4.49. The molecule has 126 valence electrons. The van der Waals surface area contributed by atoms with Gasteiger partial charge in [-0.25, -0.2) is 0 Å². The third kappa shape index (κ3) is 4.42. The van der Waals surface area contributed by atoms with Gasteiger partial charge in [-0.1, -0.05) is 34.8 Å². The summed E-state index contributed by atoms with van der Waals surface area (Å²) < 4.78 is 5.12. The minimum Gasteiger partial charge on any atom is -0.505 e. The van der Waals surface area contributed by atoms with Crippen molar-refractivity contribution >= 4 is 63.7 Å². The molecule has 0 heterocycles. The number of thiocarbonyl (C=S) groups is 1. The molecule has 0 spiro atoms. The summed E-state index contributed by atoms with van der Waals surface area (Å²) in [5, 5.41) is 15.3. The van der Waals surface area contributed by atoms with Crippen LogP contribution in [0.3, 0.4) is 0 Å². The van der Waals surface area contributed by atoms with Crippen LogP contribution in [0, 0.1) is 0 Å². The van der Waals surface area contributed by atoms with Crippen LogP contribution in [0.2, 0.25) is 15.1 Å². The second-order valence-corrected chi connectivity index (χ2v) is 6.20. The van der Waals surface area contributed by atoms with Crippen LogP contribution in [-0.4, -0.2) is 23.2 Å². The lowest BCUT2D eigenvalue weighted by atomic mass is 10.2. The molecule has 1 amide bonds. The topological polar surface area (TPSA) is 70.6 Å². The largest absolute Gasteiger partial charge is 0.505 e. The Labute approximate surface area is 158 Å². The van der Waals surface area contributed by atoms with Crippen LogP contribution in [-0.2, 0) is 0 Å². The van der Waals surface area contributed by atoms with Crippen molar-refractivity contribution in [1.29, 1.82) is 0 Å². The van der Waals surface area contributed by atoms with Gasteiger partial charge in [0.25, 0.3) is 5.91 Å². The van der Waals surface area contributed by atoms with Gasteiger partial charge < -0.3 is 15.2 Å². The van der Waals surface area contributed by atoms with Gasteiger partial charge in [-0.3, -0.25) is 10.1 Å². The highest BCUT2D eigenvalue weighted by molar-refractivity contribution is 7.80. The van der Waals surface area contributed by atoms with Crippen molar-refractivity contribution in [2.75, 3.05) is 12.4 Å². The van der Waals surface area contributed by atoms with Gasteiger partial charge in [-0.15, -0.1) is 0 Å². The van der Waals surface area contributed by atoms with E-state index in [9.17, 15) is 9.90 Å². The number of phenolic OH excluding ortho intramolecular Hbond substituents is 1. The van der Waals surface area contributed by atoms with Gasteiger partial charge in [-0.2, -0.15) is 0 Å². The third-order valence-electron chi connectivity index (χ3n) is 2.91. The van der Waals surface area contributed by atoms with E-state index in [1.807, 2.05) is 0 Å². The van der Waals surface area contributed by atoms with Crippen LogP contribution in [0.1, 0.15) is 10.4 Å². The standard InChI is InChI=1S/C15H11Cl3N2O3S/c1-23-12-3-2-7(16)4-9(12)14(22)20-15(24)19-8-5-10(17)13(21)11(18)6-8/h2-6,21H,1H3,(H2,19,20,22,24). The first kappa shape index (κ1) is 18.6. The number of halogens is 3. The van der Waals surface area contributed by atoms with E-state index in [0.717, 1.165) is 0 Å². The summed E-state index contributed by atoms with van der Waals surface area (Å²) in [5.41, 5.74) is 0.641. The molecule has 0 saturated carbocycles. The zero-order valence-corrected chi connectivity index (χ0v) is 15.3. The molecule has 0 fully saturated rings. The Morgan fingerprint density at radius 1 is 1.17 bits per heavy atom. The van der Waals surface area contributed by atoms with Gasteiger partial charge >= 0.3 is 0 Å². The van der Waals surface area contributed by atoms with Gasteiger partial charge in [0, 0.05) is 10.7 Å². The SMILES string of the molecule is COc1ccc(Cl)cc1C(=O)NC(=S)Nc1cc(Cl)c(O)c(Cl)c1. The van der Waals surface area contributed by atoms with Crippen molar-refractivity contribution in [2.45, 2.75) is 0 Å². The van der Waals surface area contributed by atoms with Gasteiger partial charge in [0.2, 0.25) is 0 Å². The van der Waals surface area contributed by atoms with Crippen LogP contribution in [0.25, 0.3) is 0 Å². The lowest BCUT2D eigenvalue weighted by Crippen LogP contribution is -2.34. The number of hydrogen-bond acceptors (Lipinski definition) is 4. The van der Waals surface area contributed by atoms with E-state index in [0.29, 0.717) is 16.5 Å². The Hall–Kier alpha value is -1.73. The van der Waals surface area contributed by atoms with Gasteiger partial charge in [0.05, 0.1) is 22.7 Å². The van der Waals surface area contributed by atoms with Gasteiger partial charge in [0.1, 0.15) is 5.75 Å². The number of carbonyl (C=O) groups excluding carboxylic acids is 1. The molecular formula is C15H11Cl3N2O3S. The first-order chi connectivity index (χ1) is 11.3. The summed E-state index contributed by atoms with van der Waals surface area (Å²) in [7, 11) is 1.44. The molecule has 5 nitrogen and oxygen atoms in total. The number of rotatable bonds is 3. The fraction of sp³-hybridized carbons (Fsp3) is 0.0667. The zero-order valence-electron chi connectivity index (χ0n) is 12.2. The number of carbonyl (C=O) groups is 1. The number of amides is 1. The van der Waals surface area contributed by atoms with Crippen molar-refractivity contribution in [3.63, 3.8) is 0 Å². The van der Waals surface area contributed by atoms with Gasteiger partial charge in [-0.05, 0) is 42.5 Å². The molecule has 0 unspecified atom stereocenters. The smallest absolute Gasteiger partial charge is 0.261 e. The van der Waals surface area contributed by atoms with Crippen LogP contribution < -0.4 is 15.4 Å². The Morgan fingerprint density at radius 3 is 2.38 bits per heavy atom. The molecule has 0 radical (unpaired) electrons. The molecule has 0 bridgehead atoms. The second-order valence-electron chi connectivity index (χ2n) is 4.54. The summed E-state index contributed by atoms with van der Waals surface area (Å²) in [6.07, 6.45) is 0. The van der Waals surface area contributed by atoms with Crippen LogP contribution in [0.5, 0.6) is 11.5 Å². The van der Waals surface area contributed by atoms with Crippen LogP contribution in [0.4, 0.5) is 5.69 Å². The summed E-state index contributed by atoms with van der Waals surface area (Å²) in [6.45, 7) is 0. The maximum atomic E-state index is 12.3. The number of anilines is 1. The van der Waals surface area contributed by atoms with Crippen molar-refractivity contribution in [1.82, 2.24) is 5.32 Å². The van der Waals surface area contributed by atoms with Crippen molar-refractivity contribution < 1.29 is 14.6 Å². The number of aromatic hydroxyl groups is 1. The molecule has 0 aliphatic heterocycles. The number of ether oxygens (including phenoxy) is 1. The quantitative estimate of drug-likeness (QED) is 0.518. The fourth-order valence-corrected chi connectivity index (χ4v) is 2.70. The normalized spacial score (nSPS) is 10.2. The monoisotopic (exact) mass is 404 g/mol. The van der Waals surface area contributed by atoms with E-state index < -0.39 is 5.91 Å². The van der Waals surface area contributed by atoms with E-state index in [1.54, 1.807) is 12.1 Å². The van der Waals surface area contributed by atoms with Crippen LogP contribution in [0.15, 0.2) is 30.3 Å². The first-order valence-electron chi connectivity index (χ1n) is 6.45. The Balaban J connectivity index is 2.13. The molecule has 0 aliphatic carbocycles. The van der Waals surface area contributed by atoms with E-state index in [-0.39, 0.29) is 26.5 Å². The first-order valence-corrected chi connectivity index (χ1v) is 8.00. The zero-order chi connectivity index (χ0) is 17.9. The van der Waals surface area contributed by atoms with Gasteiger partial charge in [0.15, 0.2) is 10.9 Å². The maximum Gasteiger partial charge on any atom is 0.261 e.